The average Bonchev–Trinajstić information content (AvgIpc) is 2.58. The molecule has 0 radical (unpaired) electrons. The van der Waals surface area contributed by atoms with Gasteiger partial charge in [-0.1, -0.05) is 5.21 Å². The van der Waals surface area contributed by atoms with Crippen LogP contribution in [0.1, 0.15) is 5.69 Å². The summed E-state index contributed by atoms with van der Waals surface area (Å²) in [6.45, 7) is 0.602. The van der Waals surface area contributed by atoms with Crippen LogP contribution in [0.25, 0.3) is 0 Å². The Balaban J connectivity index is 2.09. The molecule has 1 aliphatic heterocycles. The zero-order valence-electron chi connectivity index (χ0n) is 8.30. The number of carbonyl (C=O) groups is 2. The lowest BCUT2D eigenvalue weighted by Crippen LogP contribution is -2.51. The fraction of sp³-hybridized carbons (Fsp3) is 0.500. The van der Waals surface area contributed by atoms with Crippen molar-refractivity contribution in [2.24, 2.45) is 7.05 Å². The van der Waals surface area contributed by atoms with Gasteiger partial charge in [-0.3, -0.25) is 24.5 Å². The van der Waals surface area contributed by atoms with Crippen LogP contribution < -0.4 is 5.32 Å². The number of nitrogens with one attached hydrogen (secondary N) is 1. The van der Waals surface area contributed by atoms with Crippen molar-refractivity contribution >= 4 is 11.8 Å². The topological polar surface area (TPSA) is 80.1 Å². The van der Waals surface area contributed by atoms with E-state index < -0.39 is 0 Å². The van der Waals surface area contributed by atoms with E-state index in [4.69, 9.17) is 0 Å². The van der Waals surface area contributed by atoms with Crippen LogP contribution in [0, 0.1) is 0 Å². The van der Waals surface area contributed by atoms with E-state index in [2.05, 4.69) is 15.6 Å². The molecule has 1 aromatic heterocycles. The first kappa shape index (κ1) is 9.78. The lowest BCUT2D eigenvalue weighted by molar-refractivity contribution is -0.147. The normalized spacial score (nSPS) is 17.3. The first-order chi connectivity index (χ1) is 7.16. The zero-order valence-corrected chi connectivity index (χ0v) is 8.30. The predicted octanol–water partition coefficient (Wildman–Crippen LogP) is -1.73. The quantitative estimate of drug-likeness (QED) is 0.586. The molecule has 2 amide bonds. The van der Waals surface area contributed by atoms with Crippen molar-refractivity contribution < 1.29 is 9.59 Å². The Morgan fingerprint density at radius 1 is 1.40 bits per heavy atom. The van der Waals surface area contributed by atoms with Crippen LogP contribution >= 0.6 is 0 Å². The Bertz CT molecular complexity index is 383. The smallest absolute Gasteiger partial charge is 0.243 e. The third-order valence-electron chi connectivity index (χ3n) is 2.12. The maximum atomic E-state index is 11.4. The average molecular weight is 209 g/mol. The lowest BCUT2D eigenvalue weighted by Gasteiger charge is -2.24. The largest absolute Gasteiger partial charge is 0.300 e. The van der Waals surface area contributed by atoms with E-state index in [1.54, 1.807) is 13.2 Å². The Labute approximate surface area is 86.0 Å². The Morgan fingerprint density at radius 3 is 2.60 bits per heavy atom. The zero-order chi connectivity index (χ0) is 10.8. The maximum Gasteiger partial charge on any atom is 0.243 e. The van der Waals surface area contributed by atoms with Gasteiger partial charge in [-0.15, -0.1) is 5.10 Å². The van der Waals surface area contributed by atoms with Gasteiger partial charge in [-0.2, -0.15) is 0 Å². The number of amides is 2. The van der Waals surface area contributed by atoms with Crippen molar-refractivity contribution in [2.75, 3.05) is 13.1 Å². The number of carbonyl (C=O) groups excluding carboxylic acids is 2. The molecule has 7 nitrogen and oxygen atoms in total. The van der Waals surface area contributed by atoms with Gasteiger partial charge in [0.1, 0.15) is 5.69 Å². The summed E-state index contributed by atoms with van der Waals surface area (Å²) in [4.78, 5) is 24.0. The Hall–Kier alpha value is -1.76. The monoisotopic (exact) mass is 209 g/mol. The SMILES string of the molecule is Cn1cc(CN2C(=O)CNCC2=O)nn1. The molecular formula is C8H11N5O2. The third kappa shape index (κ3) is 2.01. The summed E-state index contributed by atoms with van der Waals surface area (Å²) in [7, 11) is 1.73. The molecule has 1 fully saturated rings. The minimum absolute atomic E-state index is 0.200. The van der Waals surface area contributed by atoms with Crippen molar-refractivity contribution in [2.45, 2.75) is 6.54 Å². The van der Waals surface area contributed by atoms with Crippen molar-refractivity contribution in [3.63, 3.8) is 0 Å². The highest BCUT2D eigenvalue weighted by Gasteiger charge is 2.26. The highest BCUT2D eigenvalue weighted by molar-refractivity contribution is 5.99. The van der Waals surface area contributed by atoms with Crippen molar-refractivity contribution in [3.05, 3.63) is 11.9 Å². The van der Waals surface area contributed by atoms with Crippen molar-refractivity contribution in [3.8, 4) is 0 Å². The summed E-state index contributed by atoms with van der Waals surface area (Å²) in [5.41, 5.74) is 0.612. The highest BCUT2D eigenvalue weighted by Crippen LogP contribution is 2.03. The molecule has 0 aromatic carbocycles. The predicted molar refractivity (Wildman–Crippen MR) is 49.4 cm³/mol. The first-order valence-corrected chi connectivity index (χ1v) is 4.56. The standard InChI is InChI=1S/C8H11N5O2/c1-12-4-6(10-11-12)5-13-7(14)2-9-3-8(13)15/h4,9H,2-3,5H2,1H3. The summed E-state index contributed by atoms with van der Waals surface area (Å²) >= 11 is 0. The summed E-state index contributed by atoms with van der Waals surface area (Å²) < 4.78 is 1.53. The molecule has 0 aliphatic carbocycles. The van der Waals surface area contributed by atoms with Gasteiger partial charge in [0, 0.05) is 13.2 Å². The number of hydrogen-bond acceptors (Lipinski definition) is 5. The molecule has 2 rings (SSSR count). The molecule has 0 unspecified atom stereocenters. The highest BCUT2D eigenvalue weighted by atomic mass is 16.2. The molecular weight excluding hydrogens is 198 g/mol. The fourth-order valence-corrected chi connectivity index (χ4v) is 1.41. The fourth-order valence-electron chi connectivity index (χ4n) is 1.41. The number of imide groups is 1. The van der Waals surface area contributed by atoms with Gasteiger partial charge in [0.15, 0.2) is 0 Å². The Morgan fingerprint density at radius 2 is 2.07 bits per heavy atom. The number of piperazine rings is 1. The molecule has 2 heterocycles. The molecule has 15 heavy (non-hydrogen) atoms. The second-order valence-corrected chi connectivity index (χ2v) is 3.36. The van der Waals surface area contributed by atoms with Crippen LogP contribution in [-0.4, -0.2) is 44.8 Å². The van der Waals surface area contributed by atoms with Crippen LogP contribution in [0.5, 0.6) is 0 Å². The number of rotatable bonds is 2. The van der Waals surface area contributed by atoms with Crippen LogP contribution in [0.2, 0.25) is 0 Å². The molecule has 80 valence electrons. The van der Waals surface area contributed by atoms with E-state index in [1.807, 2.05) is 0 Å². The van der Waals surface area contributed by atoms with E-state index in [1.165, 1.54) is 9.58 Å². The van der Waals surface area contributed by atoms with Crippen molar-refractivity contribution in [1.82, 2.24) is 25.2 Å². The van der Waals surface area contributed by atoms with Gasteiger partial charge in [0.05, 0.1) is 19.6 Å². The Kier molecular flexibility index (Phi) is 2.46. The molecule has 1 aromatic rings. The second kappa shape index (κ2) is 3.77. The number of hydrogen-bond donors (Lipinski definition) is 1. The summed E-state index contributed by atoms with van der Waals surface area (Å²) in [6.07, 6.45) is 1.68. The number of aromatic nitrogens is 3. The van der Waals surface area contributed by atoms with E-state index in [0.29, 0.717) is 5.69 Å². The summed E-state index contributed by atoms with van der Waals surface area (Å²) in [5, 5.41) is 10.3. The van der Waals surface area contributed by atoms with Gasteiger partial charge in [-0.25, -0.2) is 0 Å². The van der Waals surface area contributed by atoms with Crippen LogP contribution in [0.15, 0.2) is 6.20 Å². The van der Waals surface area contributed by atoms with Crippen molar-refractivity contribution in [1.29, 1.82) is 0 Å². The van der Waals surface area contributed by atoms with Gasteiger partial charge >= 0.3 is 0 Å². The number of nitrogens with zero attached hydrogens (tertiary/aromatic N) is 4. The van der Waals surface area contributed by atoms with Crippen LogP contribution in [-0.2, 0) is 23.2 Å². The maximum absolute atomic E-state index is 11.4. The lowest BCUT2D eigenvalue weighted by atomic mass is 10.3. The van der Waals surface area contributed by atoms with E-state index >= 15 is 0 Å². The van der Waals surface area contributed by atoms with E-state index in [0.717, 1.165) is 0 Å². The van der Waals surface area contributed by atoms with Gasteiger partial charge in [-0.05, 0) is 0 Å². The van der Waals surface area contributed by atoms with Gasteiger partial charge in [0.2, 0.25) is 11.8 Å². The van der Waals surface area contributed by atoms with Gasteiger partial charge < -0.3 is 0 Å². The molecule has 1 aliphatic rings. The molecule has 0 bridgehead atoms. The van der Waals surface area contributed by atoms with E-state index in [9.17, 15) is 9.59 Å². The molecule has 0 saturated carbocycles. The van der Waals surface area contributed by atoms with Gasteiger partial charge in [0.25, 0.3) is 0 Å². The summed E-state index contributed by atoms with van der Waals surface area (Å²) in [5.74, 6) is -0.450. The molecule has 7 heteroatoms. The van der Waals surface area contributed by atoms with E-state index in [-0.39, 0.29) is 31.4 Å². The first-order valence-electron chi connectivity index (χ1n) is 4.56. The number of aryl methyl sites for hydroxylation is 1. The summed E-state index contributed by atoms with van der Waals surface area (Å²) in [6, 6.07) is 0. The minimum atomic E-state index is -0.225. The molecule has 1 saturated heterocycles. The second-order valence-electron chi connectivity index (χ2n) is 3.36. The minimum Gasteiger partial charge on any atom is -0.300 e. The van der Waals surface area contributed by atoms with Crippen LogP contribution in [0.4, 0.5) is 0 Å². The molecule has 0 spiro atoms. The van der Waals surface area contributed by atoms with Crippen LogP contribution in [0.3, 0.4) is 0 Å². The molecule has 0 atom stereocenters. The third-order valence-corrected chi connectivity index (χ3v) is 2.12. The molecule has 1 N–H and O–H groups in total.